The van der Waals surface area contributed by atoms with Crippen LogP contribution in [0.25, 0.3) is 0 Å². The summed E-state index contributed by atoms with van der Waals surface area (Å²) in [6, 6.07) is 8.23. The predicted molar refractivity (Wildman–Crippen MR) is 85.3 cm³/mol. The number of halogens is 4. The van der Waals surface area contributed by atoms with Gasteiger partial charge in [0.15, 0.2) is 11.6 Å². The van der Waals surface area contributed by atoms with Crippen molar-refractivity contribution < 1.29 is 8.78 Å². The van der Waals surface area contributed by atoms with Gasteiger partial charge in [-0.15, -0.1) is 0 Å². The van der Waals surface area contributed by atoms with E-state index in [2.05, 4.69) is 44.0 Å². The highest BCUT2D eigenvalue weighted by molar-refractivity contribution is 9.10. The minimum Gasteiger partial charge on any atom is -0.204 e. The number of aryl methyl sites for hydroxylation is 2. The van der Waals surface area contributed by atoms with Crippen molar-refractivity contribution in [1.29, 1.82) is 0 Å². The maximum absolute atomic E-state index is 13.2. The molecule has 4 heteroatoms. The molecule has 0 saturated carbocycles. The number of alkyl halides is 1. The van der Waals surface area contributed by atoms with Crippen LogP contribution in [0, 0.1) is 25.5 Å². The average Bonchev–Trinajstić information content (AvgIpc) is 2.38. The van der Waals surface area contributed by atoms with E-state index < -0.39 is 11.6 Å². The van der Waals surface area contributed by atoms with Crippen LogP contribution >= 0.6 is 31.9 Å². The first-order chi connectivity index (χ1) is 9.38. The summed E-state index contributed by atoms with van der Waals surface area (Å²) in [7, 11) is 0. The smallest absolute Gasteiger partial charge is 0.159 e. The van der Waals surface area contributed by atoms with Crippen LogP contribution in [0.4, 0.5) is 8.78 Å². The highest BCUT2D eigenvalue weighted by atomic mass is 79.9. The highest BCUT2D eigenvalue weighted by Gasteiger charge is 2.14. The van der Waals surface area contributed by atoms with E-state index in [-0.39, 0.29) is 4.83 Å². The molecule has 0 bridgehead atoms. The first-order valence-electron chi connectivity index (χ1n) is 6.23. The fourth-order valence-corrected chi connectivity index (χ4v) is 3.45. The molecule has 0 aliphatic carbocycles. The van der Waals surface area contributed by atoms with Gasteiger partial charge in [-0.05, 0) is 60.7 Å². The van der Waals surface area contributed by atoms with Crippen molar-refractivity contribution in [3.05, 3.63) is 68.7 Å². The molecule has 1 atom stereocenters. The minimum atomic E-state index is -0.810. The molecule has 0 fully saturated rings. The molecule has 20 heavy (non-hydrogen) atoms. The van der Waals surface area contributed by atoms with Crippen LogP contribution in [-0.4, -0.2) is 0 Å². The van der Waals surface area contributed by atoms with E-state index in [9.17, 15) is 8.78 Å². The molecule has 0 amide bonds. The Balaban J connectivity index is 2.25. The van der Waals surface area contributed by atoms with Gasteiger partial charge in [0.05, 0.1) is 0 Å². The second kappa shape index (κ2) is 6.35. The Labute approximate surface area is 134 Å². The molecule has 2 aromatic carbocycles. The van der Waals surface area contributed by atoms with E-state index in [0.29, 0.717) is 6.42 Å². The van der Waals surface area contributed by atoms with Gasteiger partial charge in [0.1, 0.15) is 0 Å². The topological polar surface area (TPSA) is 0 Å². The molecule has 0 aliphatic heterocycles. The second-order valence-corrected chi connectivity index (χ2v) is 6.84. The van der Waals surface area contributed by atoms with E-state index in [0.717, 1.165) is 26.7 Å². The van der Waals surface area contributed by atoms with Crippen LogP contribution in [0.3, 0.4) is 0 Å². The Hall–Kier alpha value is -0.740. The monoisotopic (exact) mass is 402 g/mol. The van der Waals surface area contributed by atoms with E-state index in [1.54, 1.807) is 6.07 Å². The van der Waals surface area contributed by atoms with Gasteiger partial charge in [-0.25, -0.2) is 8.78 Å². The predicted octanol–water partition coefficient (Wildman–Crippen LogP) is 6.02. The first-order valence-corrected chi connectivity index (χ1v) is 7.94. The van der Waals surface area contributed by atoms with Crippen LogP contribution in [-0.2, 0) is 6.42 Å². The lowest BCUT2D eigenvalue weighted by molar-refractivity contribution is 0.507. The van der Waals surface area contributed by atoms with Gasteiger partial charge in [-0.1, -0.05) is 44.0 Å². The summed E-state index contributed by atoms with van der Waals surface area (Å²) in [5.41, 5.74) is 4.24. The van der Waals surface area contributed by atoms with Gasteiger partial charge in [-0.3, -0.25) is 0 Å². The summed E-state index contributed by atoms with van der Waals surface area (Å²) in [6.45, 7) is 4.07. The van der Waals surface area contributed by atoms with Crippen LogP contribution in [0.1, 0.15) is 27.1 Å². The molecule has 0 saturated heterocycles. The van der Waals surface area contributed by atoms with Crippen molar-refractivity contribution in [2.75, 3.05) is 0 Å². The van der Waals surface area contributed by atoms with Crippen LogP contribution < -0.4 is 0 Å². The maximum atomic E-state index is 13.2. The third kappa shape index (κ3) is 3.47. The Morgan fingerprint density at radius 1 is 1.00 bits per heavy atom. The summed E-state index contributed by atoms with van der Waals surface area (Å²) >= 11 is 7.15. The molecule has 0 heterocycles. The molecule has 0 spiro atoms. The van der Waals surface area contributed by atoms with Gasteiger partial charge in [0.25, 0.3) is 0 Å². The van der Waals surface area contributed by atoms with Crippen LogP contribution in [0.5, 0.6) is 0 Å². The molecule has 1 unspecified atom stereocenters. The average molecular weight is 404 g/mol. The zero-order valence-corrected chi connectivity index (χ0v) is 14.4. The van der Waals surface area contributed by atoms with Gasteiger partial charge >= 0.3 is 0 Å². The third-order valence-electron chi connectivity index (χ3n) is 3.28. The lowest BCUT2D eigenvalue weighted by Crippen LogP contribution is -2.00. The molecule has 2 aromatic rings. The quantitative estimate of drug-likeness (QED) is 0.549. The summed E-state index contributed by atoms with van der Waals surface area (Å²) in [5, 5.41) is 0. The fraction of sp³-hybridized carbons (Fsp3) is 0.250. The highest BCUT2D eigenvalue weighted by Crippen LogP contribution is 2.32. The lowest BCUT2D eigenvalue weighted by atomic mass is 9.98. The van der Waals surface area contributed by atoms with Gasteiger partial charge in [-0.2, -0.15) is 0 Å². The minimum absolute atomic E-state index is 0.0687. The summed E-state index contributed by atoms with van der Waals surface area (Å²) in [5.74, 6) is -1.61. The molecule has 0 radical (unpaired) electrons. The Kier molecular flexibility index (Phi) is 4.97. The van der Waals surface area contributed by atoms with Gasteiger partial charge in [0, 0.05) is 9.30 Å². The van der Waals surface area contributed by atoms with Gasteiger partial charge in [0.2, 0.25) is 0 Å². The van der Waals surface area contributed by atoms with E-state index in [1.165, 1.54) is 12.1 Å². The molecular formula is C16H14Br2F2. The lowest BCUT2D eigenvalue weighted by Gasteiger charge is -2.15. The number of rotatable bonds is 3. The van der Waals surface area contributed by atoms with Crippen molar-refractivity contribution in [3.63, 3.8) is 0 Å². The summed E-state index contributed by atoms with van der Waals surface area (Å²) < 4.78 is 27.2. The molecule has 0 nitrogen and oxygen atoms in total. The standard InChI is InChI=1S/C16H14Br2F2/c1-9-6-13(17)10(2)5-12(9)14(18)7-11-3-4-15(19)16(20)8-11/h3-6,8,14H,7H2,1-2H3. The molecule has 0 N–H and O–H groups in total. The molecule has 106 valence electrons. The molecule has 0 aromatic heterocycles. The normalized spacial score (nSPS) is 12.5. The molecule has 2 rings (SSSR count). The third-order valence-corrected chi connectivity index (χ3v) is 4.96. The second-order valence-electron chi connectivity index (χ2n) is 4.88. The maximum Gasteiger partial charge on any atom is 0.159 e. The summed E-state index contributed by atoms with van der Waals surface area (Å²) in [6.07, 6.45) is 0.610. The Bertz CT molecular complexity index is 639. The van der Waals surface area contributed by atoms with Crippen molar-refractivity contribution in [2.45, 2.75) is 25.1 Å². The number of hydrogen-bond acceptors (Lipinski definition) is 0. The number of hydrogen-bond donors (Lipinski definition) is 0. The van der Waals surface area contributed by atoms with E-state index in [4.69, 9.17) is 0 Å². The van der Waals surface area contributed by atoms with Crippen molar-refractivity contribution in [3.8, 4) is 0 Å². The SMILES string of the molecule is Cc1cc(C(Br)Cc2ccc(F)c(F)c2)c(C)cc1Br. The largest absolute Gasteiger partial charge is 0.204 e. The fourth-order valence-electron chi connectivity index (χ4n) is 2.12. The van der Waals surface area contributed by atoms with E-state index >= 15 is 0 Å². The van der Waals surface area contributed by atoms with E-state index in [1.807, 2.05) is 13.8 Å². The zero-order valence-electron chi connectivity index (χ0n) is 11.2. The van der Waals surface area contributed by atoms with Crippen LogP contribution in [0.15, 0.2) is 34.8 Å². The van der Waals surface area contributed by atoms with Crippen molar-refractivity contribution in [1.82, 2.24) is 0 Å². The number of benzene rings is 2. The Morgan fingerprint density at radius 2 is 1.70 bits per heavy atom. The molecular weight excluding hydrogens is 390 g/mol. The van der Waals surface area contributed by atoms with Crippen molar-refractivity contribution in [2.24, 2.45) is 0 Å². The van der Waals surface area contributed by atoms with Crippen molar-refractivity contribution >= 4 is 31.9 Å². The van der Waals surface area contributed by atoms with Crippen LogP contribution in [0.2, 0.25) is 0 Å². The zero-order chi connectivity index (χ0) is 14.9. The van der Waals surface area contributed by atoms with Gasteiger partial charge < -0.3 is 0 Å². The summed E-state index contributed by atoms with van der Waals surface area (Å²) in [4.78, 5) is 0.0687. The Morgan fingerprint density at radius 3 is 2.35 bits per heavy atom. The molecule has 0 aliphatic rings. The first kappa shape index (κ1) is 15.6.